The van der Waals surface area contributed by atoms with E-state index < -0.39 is 0 Å². The second-order valence-electron chi connectivity index (χ2n) is 6.09. The van der Waals surface area contributed by atoms with Gasteiger partial charge in [0.15, 0.2) is 0 Å². The number of benzene rings is 1. The molecule has 2 aliphatic rings. The highest BCUT2D eigenvalue weighted by Crippen LogP contribution is 2.43. The Balaban J connectivity index is 1.87. The van der Waals surface area contributed by atoms with Crippen LogP contribution in [0.15, 0.2) is 22.7 Å². The molecule has 0 aliphatic carbocycles. The van der Waals surface area contributed by atoms with Crippen LogP contribution in [0.5, 0.6) is 5.75 Å². The van der Waals surface area contributed by atoms with Gasteiger partial charge in [0.1, 0.15) is 11.4 Å². The highest BCUT2D eigenvalue weighted by Gasteiger charge is 2.45. The lowest BCUT2D eigenvalue weighted by Gasteiger charge is -2.39. The van der Waals surface area contributed by atoms with Crippen molar-refractivity contribution in [1.82, 2.24) is 4.90 Å². The predicted molar refractivity (Wildman–Crippen MR) is 80.4 cm³/mol. The van der Waals surface area contributed by atoms with E-state index in [1.807, 2.05) is 12.1 Å². The van der Waals surface area contributed by atoms with E-state index in [9.17, 15) is 0 Å². The lowest BCUT2D eigenvalue weighted by Crippen LogP contribution is -2.46. The van der Waals surface area contributed by atoms with Crippen LogP contribution in [0.1, 0.15) is 38.3 Å². The summed E-state index contributed by atoms with van der Waals surface area (Å²) in [4.78, 5) is 2.48. The Morgan fingerprint density at radius 3 is 2.95 bits per heavy atom. The summed E-state index contributed by atoms with van der Waals surface area (Å²) in [6, 6.07) is 6.80. The lowest BCUT2D eigenvalue weighted by atomic mass is 9.87. The number of hydrogen-bond donors (Lipinski definition) is 1. The molecule has 0 radical (unpaired) electrons. The number of hydrogen-bond acceptors (Lipinski definition) is 3. The van der Waals surface area contributed by atoms with Crippen LogP contribution in [-0.4, -0.2) is 29.6 Å². The molecular formula is C15H21BrN2O. The molecule has 3 rings (SSSR count). The van der Waals surface area contributed by atoms with Gasteiger partial charge in [0.05, 0.1) is 0 Å². The Labute approximate surface area is 123 Å². The SMILES string of the molecule is CC(C)N1CCC2(CC(N)c3cc(Br)ccc3O2)C1. The number of ether oxygens (including phenoxy) is 1. The zero-order valence-corrected chi connectivity index (χ0v) is 13.1. The van der Waals surface area contributed by atoms with E-state index in [0.29, 0.717) is 6.04 Å². The fourth-order valence-corrected chi connectivity index (χ4v) is 3.63. The molecule has 4 heteroatoms. The number of likely N-dealkylation sites (tertiary alicyclic amines) is 1. The molecular weight excluding hydrogens is 304 g/mol. The van der Waals surface area contributed by atoms with Crippen molar-refractivity contribution in [3.63, 3.8) is 0 Å². The van der Waals surface area contributed by atoms with Crippen LogP contribution in [0.3, 0.4) is 0 Å². The molecule has 1 saturated heterocycles. The van der Waals surface area contributed by atoms with Gasteiger partial charge < -0.3 is 10.5 Å². The first-order chi connectivity index (χ1) is 8.99. The first-order valence-electron chi connectivity index (χ1n) is 6.97. The van der Waals surface area contributed by atoms with Crippen LogP contribution in [-0.2, 0) is 0 Å². The summed E-state index contributed by atoms with van der Waals surface area (Å²) in [6.07, 6.45) is 1.99. The minimum absolute atomic E-state index is 0.0772. The second kappa shape index (κ2) is 4.76. The van der Waals surface area contributed by atoms with Crippen molar-refractivity contribution in [3.05, 3.63) is 28.2 Å². The molecule has 3 nitrogen and oxygen atoms in total. The maximum absolute atomic E-state index is 6.37. The molecule has 2 atom stereocenters. The lowest BCUT2D eigenvalue weighted by molar-refractivity contribution is 0.0409. The van der Waals surface area contributed by atoms with Crippen molar-refractivity contribution in [3.8, 4) is 5.75 Å². The van der Waals surface area contributed by atoms with Crippen LogP contribution < -0.4 is 10.5 Å². The van der Waals surface area contributed by atoms with Gasteiger partial charge in [-0.2, -0.15) is 0 Å². The average molecular weight is 325 g/mol. The molecule has 2 heterocycles. The van der Waals surface area contributed by atoms with Gasteiger partial charge in [-0.05, 0) is 32.0 Å². The molecule has 2 aliphatic heterocycles. The molecule has 1 aromatic carbocycles. The Morgan fingerprint density at radius 2 is 2.26 bits per heavy atom. The second-order valence-corrected chi connectivity index (χ2v) is 7.01. The largest absolute Gasteiger partial charge is 0.485 e. The van der Waals surface area contributed by atoms with E-state index in [1.54, 1.807) is 0 Å². The van der Waals surface area contributed by atoms with Crippen LogP contribution in [0, 0.1) is 0 Å². The number of halogens is 1. The van der Waals surface area contributed by atoms with Gasteiger partial charge in [-0.15, -0.1) is 0 Å². The molecule has 0 saturated carbocycles. The molecule has 0 bridgehead atoms. The summed E-state index contributed by atoms with van der Waals surface area (Å²) in [7, 11) is 0. The van der Waals surface area contributed by atoms with Crippen molar-refractivity contribution in [2.45, 2.75) is 44.4 Å². The predicted octanol–water partition coefficient (Wildman–Crippen LogP) is 3.08. The topological polar surface area (TPSA) is 38.5 Å². The maximum atomic E-state index is 6.37. The highest BCUT2D eigenvalue weighted by atomic mass is 79.9. The molecule has 2 unspecified atom stereocenters. The quantitative estimate of drug-likeness (QED) is 0.862. The van der Waals surface area contributed by atoms with Gasteiger partial charge in [-0.3, -0.25) is 4.90 Å². The Morgan fingerprint density at radius 1 is 1.47 bits per heavy atom. The van der Waals surface area contributed by atoms with Gasteiger partial charge in [-0.1, -0.05) is 15.9 Å². The number of fused-ring (bicyclic) bond motifs is 1. The summed E-state index contributed by atoms with van der Waals surface area (Å²) in [5.41, 5.74) is 7.42. The summed E-state index contributed by atoms with van der Waals surface area (Å²) >= 11 is 3.50. The van der Waals surface area contributed by atoms with Crippen LogP contribution in [0.25, 0.3) is 0 Å². The first-order valence-corrected chi connectivity index (χ1v) is 7.76. The molecule has 104 valence electrons. The fraction of sp³-hybridized carbons (Fsp3) is 0.600. The zero-order chi connectivity index (χ0) is 13.6. The fourth-order valence-electron chi connectivity index (χ4n) is 3.25. The summed E-state index contributed by atoms with van der Waals surface area (Å²) in [5.74, 6) is 0.965. The van der Waals surface area contributed by atoms with Gasteiger partial charge in [0.2, 0.25) is 0 Å². The summed E-state index contributed by atoms with van der Waals surface area (Å²) in [5, 5.41) is 0. The third-order valence-corrected chi connectivity index (χ3v) is 4.86. The third-order valence-electron chi connectivity index (χ3n) is 4.37. The summed E-state index contributed by atoms with van der Waals surface area (Å²) in [6.45, 7) is 6.59. The third kappa shape index (κ3) is 2.41. The van der Waals surface area contributed by atoms with Crippen LogP contribution in [0.4, 0.5) is 0 Å². The molecule has 19 heavy (non-hydrogen) atoms. The standard InChI is InChI=1S/C15H21BrN2O/c1-10(2)18-6-5-15(9-18)8-13(17)12-7-11(16)3-4-14(12)19-15/h3-4,7,10,13H,5-6,8-9,17H2,1-2H3. The molecule has 2 N–H and O–H groups in total. The van der Waals surface area contributed by atoms with E-state index in [4.69, 9.17) is 10.5 Å². The molecule has 1 spiro atoms. The van der Waals surface area contributed by atoms with E-state index in [-0.39, 0.29) is 11.6 Å². The van der Waals surface area contributed by atoms with Gasteiger partial charge in [0.25, 0.3) is 0 Å². The summed E-state index contributed by atoms with van der Waals surface area (Å²) < 4.78 is 7.41. The minimum atomic E-state index is -0.0789. The van der Waals surface area contributed by atoms with Crippen LogP contribution in [0.2, 0.25) is 0 Å². The minimum Gasteiger partial charge on any atom is -0.485 e. The van der Waals surface area contributed by atoms with Gasteiger partial charge in [0, 0.05) is 48.1 Å². The molecule has 0 aromatic heterocycles. The van der Waals surface area contributed by atoms with Crippen molar-refractivity contribution >= 4 is 15.9 Å². The van der Waals surface area contributed by atoms with Crippen molar-refractivity contribution in [2.75, 3.05) is 13.1 Å². The maximum Gasteiger partial charge on any atom is 0.125 e. The van der Waals surface area contributed by atoms with E-state index in [0.717, 1.165) is 41.7 Å². The van der Waals surface area contributed by atoms with Crippen molar-refractivity contribution < 1.29 is 4.74 Å². The first kappa shape index (κ1) is 13.4. The smallest absolute Gasteiger partial charge is 0.125 e. The van der Waals surface area contributed by atoms with Crippen molar-refractivity contribution in [1.29, 1.82) is 0 Å². The molecule has 0 amide bonds. The van der Waals surface area contributed by atoms with Crippen molar-refractivity contribution in [2.24, 2.45) is 5.73 Å². The number of nitrogens with two attached hydrogens (primary N) is 1. The van der Waals surface area contributed by atoms with E-state index in [2.05, 4.69) is 40.7 Å². The Kier molecular flexibility index (Phi) is 3.36. The van der Waals surface area contributed by atoms with E-state index in [1.165, 1.54) is 0 Å². The number of nitrogens with zero attached hydrogens (tertiary/aromatic N) is 1. The highest BCUT2D eigenvalue weighted by molar-refractivity contribution is 9.10. The van der Waals surface area contributed by atoms with Crippen LogP contribution >= 0.6 is 15.9 Å². The zero-order valence-electron chi connectivity index (χ0n) is 11.5. The van der Waals surface area contributed by atoms with E-state index >= 15 is 0 Å². The normalized spacial score (nSPS) is 30.7. The van der Waals surface area contributed by atoms with Gasteiger partial charge in [-0.25, -0.2) is 0 Å². The molecule has 1 fully saturated rings. The van der Waals surface area contributed by atoms with Gasteiger partial charge >= 0.3 is 0 Å². The molecule has 1 aromatic rings. The Bertz CT molecular complexity index is 491. The Hall–Kier alpha value is -0.580. The number of rotatable bonds is 1. The average Bonchev–Trinajstić information content (AvgIpc) is 2.74. The monoisotopic (exact) mass is 324 g/mol.